The van der Waals surface area contributed by atoms with E-state index in [-0.39, 0.29) is 40.5 Å². The second-order valence-corrected chi connectivity index (χ2v) is 13.4. The van der Waals surface area contributed by atoms with Crippen LogP contribution in [0.15, 0.2) is 27.6 Å². The number of benzene rings is 1. The number of nitrogens with zero attached hydrogens (tertiary/aromatic N) is 3. The highest BCUT2D eigenvalue weighted by Crippen LogP contribution is 2.38. The molecular weight excluding hydrogens is 489 g/mol. The minimum Gasteiger partial charge on any atom is -0.381 e. The molecule has 2 unspecified atom stereocenters. The summed E-state index contributed by atoms with van der Waals surface area (Å²) in [5, 5.41) is 3.63. The van der Waals surface area contributed by atoms with Gasteiger partial charge in [0.15, 0.2) is 9.84 Å². The van der Waals surface area contributed by atoms with E-state index in [1.807, 2.05) is 0 Å². The van der Waals surface area contributed by atoms with Gasteiger partial charge >= 0.3 is 0 Å². The third-order valence-electron chi connectivity index (χ3n) is 6.52. The van der Waals surface area contributed by atoms with Gasteiger partial charge in [0.25, 0.3) is 5.89 Å². The van der Waals surface area contributed by atoms with Crippen molar-refractivity contribution in [3.05, 3.63) is 29.9 Å². The number of sulfonamides is 1. The number of aromatic nitrogens is 2. The van der Waals surface area contributed by atoms with E-state index in [2.05, 4.69) is 10.1 Å². The number of sulfone groups is 1. The first-order valence-electron chi connectivity index (χ1n) is 11.1. The Labute approximate surface area is 197 Å². The van der Waals surface area contributed by atoms with Crippen LogP contribution in [0.5, 0.6) is 0 Å². The summed E-state index contributed by atoms with van der Waals surface area (Å²) in [6.07, 6.45) is 1.57. The summed E-state index contributed by atoms with van der Waals surface area (Å²) in [5.41, 5.74) is 0.274. The summed E-state index contributed by atoms with van der Waals surface area (Å²) >= 11 is 0. The van der Waals surface area contributed by atoms with Crippen molar-refractivity contribution in [2.24, 2.45) is 11.8 Å². The van der Waals surface area contributed by atoms with Crippen molar-refractivity contribution in [1.82, 2.24) is 14.4 Å². The largest absolute Gasteiger partial charge is 0.381 e. The van der Waals surface area contributed by atoms with E-state index in [0.717, 1.165) is 25.2 Å². The lowest BCUT2D eigenvalue weighted by molar-refractivity contribution is -0.161. The van der Waals surface area contributed by atoms with Crippen molar-refractivity contribution in [3.8, 4) is 11.4 Å². The molecule has 1 aromatic carbocycles. The highest BCUT2D eigenvalue weighted by molar-refractivity contribution is 7.90. The molecule has 3 fully saturated rings. The van der Waals surface area contributed by atoms with Gasteiger partial charge in [0.1, 0.15) is 16.8 Å². The minimum atomic E-state index is -3.69. The van der Waals surface area contributed by atoms with Crippen LogP contribution >= 0.6 is 0 Å². The second kappa shape index (κ2) is 8.63. The number of piperidine rings is 1. The van der Waals surface area contributed by atoms with Gasteiger partial charge in [-0.05, 0) is 38.0 Å². The van der Waals surface area contributed by atoms with Crippen LogP contribution in [0.4, 0.5) is 4.39 Å². The molecule has 10 nitrogen and oxygen atoms in total. The molecule has 2 aromatic rings. The molecule has 13 heteroatoms. The summed E-state index contributed by atoms with van der Waals surface area (Å²) in [6.45, 7) is 3.29. The number of halogens is 1. The van der Waals surface area contributed by atoms with Crippen LogP contribution in [0.1, 0.15) is 31.8 Å². The average molecular weight is 516 g/mol. The van der Waals surface area contributed by atoms with Crippen LogP contribution in [0, 0.1) is 17.7 Å². The molecule has 1 saturated carbocycles. The van der Waals surface area contributed by atoms with Crippen molar-refractivity contribution in [1.29, 1.82) is 0 Å². The number of hydrogen-bond donors (Lipinski definition) is 0. The van der Waals surface area contributed by atoms with Crippen LogP contribution in [-0.2, 0) is 29.3 Å². The van der Waals surface area contributed by atoms with E-state index in [4.69, 9.17) is 14.0 Å². The molecule has 2 saturated heterocycles. The Balaban J connectivity index is 1.29. The maximum Gasteiger partial charge on any atom is 0.255 e. The average Bonchev–Trinajstić information content (AvgIpc) is 3.50. The van der Waals surface area contributed by atoms with Gasteiger partial charge in [-0.2, -0.15) is 4.98 Å². The molecule has 0 amide bonds. The lowest BCUT2D eigenvalue weighted by Crippen LogP contribution is -2.58. The normalized spacial score (nSPS) is 27.0. The summed E-state index contributed by atoms with van der Waals surface area (Å²) in [7, 11) is -6.95. The molecule has 186 valence electrons. The standard InChI is InChI=1S/C21H26FN3O7S2/c1-12(21-23-20(24-32-21)13-3-6-18(17(22)7-13)33(2,26)27)31-19-14-8-25(9-15(19)11-30-10-14)34(28,29)16-4-5-16/h3,6-7,12,14-16,19H,4-5,8-11H2,1-2H3/t12-,14?,15?,19?/m1/s1. The van der Waals surface area contributed by atoms with E-state index >= 15 is 0 Å². The van der Waals surface area contributed by atoms with E-state index in [9.17, 15) is 21.2 Å². The first kappa shape index (κ1) is 23.8. The fourth-order valence-corrected chi connectivity index (χ4v) is 7.30. The number of ether oxygens (including phenoxy) is 2. The van der Waals surface area contributed by atoms with Crippen molar-refractivity contribution in [3.63, 3.8) is 0 Å². The fourth-order valence-electron chi connectivity index (χ4n) is 4.62. The van der Waals surface area contributed by atoms with Gasteiger partial charge in [-0.1, -0.05) is 5.16 Å². The van der Waals surface area contributed by atoms with Crippen molar-refractivity contribution < 1.29 is 35.2 Å². The van der Waals surface area contributed by atoms with Crippen LogP contribution in [0.25, 0.3) is 11.4 Å². The molecule has 5 rings (SSSR count). The molecular formula is C21H26FN3O7S2. The van der Waals surface area contributed by atoms with Gasteiger partial charge in [-0.25, -0.2) is 25.5 Å². The Hall–Kier alpha value is -1.93. The van der Waals surface area contributed by atoms with Crippen molar-refractivity contribution in [2.45, 2.75) is 42.1 Å². The number of fused-ring (bicyclic) bond motifs is 2. The van der Waals surface area contributed by atoms with Crippen LogP contribution in [0.3, 0.4) is 0 Å². The number of hydrogen-bond acceptors (Lipinski definition) is 9. The summed E-state index contributed by atoms with van der Waals surface area (Å²) < 4.78 is 81.8. The fraction of sp³-hybridized carbons (Fsp3) is 0.619. The zero-order valence-electron chi connectivity index (χ0n) is 18.8. The molecule has 3 atom stereocenters. The van der Waals surface area contributed by atoms with Crippen LogP contribution in [0.2, 0.25) is 0 Å². The monoisotopic (exact) mass is 515 g/mol. The van der Waals surface area contributed by atoms with E-state index in [1.54, 1.807) is 11.2 Å². The molecule has 2 aliphatic heterocycles. The maximum atomic E-state index is 14.3. The molecule has 0 spiro atoms. The molecule has 0 N–H and O–H groups in total. The van der Waals surface area contributed by atoms with Crippen LogP contribution < -0.4 is 0 Å². The molecule has 3 heterocycles. The SMILES string of the molecule is C[C@@H](OC1C2COCC1CN(S(=O)(=O)C1CC1)C2)c1nc(-c2ccc(S(C)(=O)=O)c(F)c2)no1. The lowest BCUT2D eigenvalue weighted by atomic mass is 9.85. The topological polar surface area (TPSA) is 129 Å². The summed E-state index contributed by atoms with van der Waals surface area (Å²) in [4.78, 5) is 3.90. The lowest BCUT2D eigenvalue weighted by Gasteiger charge is -2.46. The van der Waals surface area contributed by atoms with Crippen LogP contribution in [-0.4, -0.2) is 75.2 Å². The Bertz CT molecular complexity index is 1280. The van der Waals surface area contributed by atoms with E-state index in [0.29, 0.717) is 26.3 Å². The maximum absolute atomic E-state index is 14.3. The molecule has 1 aliphatic carbocycles. The Morgan fingerprint density at radius 2 is 1.82 bits per heavy atom. The minimum absolute atomic E-state index is 0.108. The third kappa shape index (κ3) is 4.51. The summed E-state index contributed by atoms with van der Waals surface area (Å²) in [6, 6.07) is 3.63. The predicted octanol–water partition coefficient (Wildman–Crippen LogP) is 1.80. The smallest absolute Gasteiger partial charge is 0.255 e. The van der Waals surface area contributed by atoms with Crippen molar-refractivity contribution >= 4 is 19.9 Å². The van der Waals surface area contributed by atoms with E-state index in [1.165, 1.54) is 12.1 Å². The zero-order valence-corrected chi connectivity index (χ0v) is 20.4. The number of rotatable bonds is 7. The first-order valence-corrected chi connectivity index (χ1v) is 14.5. The van der Waals surface area contributed by atoms with Gasteiger partial charge in [-0.3, -0.25) is 0 Å². The predicted molar refractivity (Wildman–Crippen MR) is 117 cm³/mol. The second-order valence-electron chi connectivity index (χ2n) is 9.24. The zero-order chi connectivity index (χ0) is 24.3. The third-order valence-corrected chi connectivity index (χ3v) is 9.98. The Morgan fingerprint density at radius 3 is 2.41 bits per heavy atom. The van der Waals surface area contributed by atoms with Gasteiger partial charge in [0.05, 0.1) is 24.6 Å². The quantitative estimate of drug-likeness (QED) is 0.542. The molecule has 34 heavy (non-hydrogen) atoms. The molecule has 1 aromatic heterocycles. The molecule has 3 aliphatic rings. The summed E-state index contributed by atoms with van der Waals surface area (Å²) in [5.74, 6) is -0.809. The first-order chi connectivity index (χ1) is 16.0. The highest BCUT2D eigenvalue weighted by atomic mass is 32.2. The Morgan fingerprint density at radius 1 is 1.15 bits per heavy atom. The highest BCUT2D eigenvalue weighted by Gasteiger charge is 2.49. The van der Waals surface area contributed by atoms with Crippen molar-refractivity contribution in [2.75, 3.05) is 32.6 Å². The van der Waals surface area contributed by atoms with Gasteiger partial charge in [0.2, 0.25) is 15.8 Å². The molecule has 0 radical (unpaired) electrons. The van der Waals surface area contributed by atoms with Gasteiger partial charge in [0, 0.05) is 36.7 Å². The van der Waals surface area contributed by atoms with Gasteiger partial charge in [-0.15, -0.1) is 0 Å². The van der Waals surface area contributed by atoms with E-state index < -0.39 is 36.7 Å². The van der Waals surface area contributed by atoms with Gasteiger partial charge < -0.3 is 14.0 Å². The Kier molecular flexibility index (Phi) is 6.04. The molecule has 2 bridgehead atoms.